The van der Waals surface area contributed by atoms with Crippen LogP contribution < -0.4 is 44.3 Å². The van der Waals surface area contributed by atoms with Crippen LogP contribution in [-0.4, -0.2) is 122 Å². The van der Waals surface area contributed by atoms with Gasteiger partial charge in [-0.3, -0.25) is 9.59 Å². The number of benzene rings is 5. The zero-order valence-corrected chi connectivity index (χ0v) is 56.8. The Hall–Kier alpha value is -6.62. The molecule has 5 unspecified atom stereocenters. The maximum absolute atomic E-state index is 14.1. The van der Waals surface area contributed by atoms with Gasteiger partial charge in [0.2, 0.25) is 0 Å². The van der Waals surface area contributed by atoms with Gasteiger partial charge in [0.25, 0.3) is 0 Å². The smallest absolute Gasteiger partial charge is 0.488 e. The number of aliphatic hydroxyl groups is 4. The van der Waals surface area contributed by atoms with Gasteiger partial charge in [-0.15, -0.1) is 12.4 Å². The monoisotopic (exact) mass is 1400 g/mol. The molecule has 0 saturated carbocycles. The predicted molar refractivity (Wildman–Crippen MR) is 356 cm³/mol. The molecule has 0 saturated heterocycles. The summed E-state index contributed by atoms with van der Waals surface area (Å²) in [4.78, 5) is 35.6. The first-order valence-electron chi connectivity index (χ1n) is 29.1. The lowest BCUT2D eigenvalue weighted by Crippen LogP contribution is -2.47. The summed E-state index contributed by atoms with van der Waals surface area (Å²) in [6, 6.07) is 24.8. The number of carbonyl (C=O) groups is 2. The summed E-state index contributed by atoms with van der Waals surface area (Å²) in [5.41, 5.74) is 6.07. The Morgan fingerprint density at radius 2 is 1.05 bits per heavy atom. The second kappa shape index (κ2) is 32.0. The number of ether oxygens (including phenoxy) is 6. The molecule has 2 aliphatic rings. The zero-order chi connectivity index (χ0) is 68.5. The SMILES string of the molecule is COc1cc(C(=O)CCC(C)(O)c2cc3c(c(-c4ccc(F)c(Cl)c4)n2)OCC3(C)N)ccc1OCCO.COc1cc(C(=O)CCC(C)(O)c2cc3c(c(-c4ccc(F)c(Cl)c4)n2)OCC3(C)NS(=O)C(C)(C)C)ccc1OCCO.Cl.OB(O)c1ccc(F)c(Cl)c1. The lowest BCUT2D eigenvalue weighted by molar-refractivity contribution is 0.0395. The van der Waals surface area contributed by atoms with E-state index in [-0.39, 0.29) is 116 Å². The number of hydrogen-bond donors (Lipinski definition) is 8. The van der Waals surface area contributed by atoms with Gasteiger partial charge in [0, 0.05) is 46.2 Å². The average Bonchev–Trinajstić information content (AvgIpc) is 1.54. The first kappa shape index (κ1) is 76.4. The highest BCUT2D eigenvalue weighted by molar-refractivity contribution is 7.84. The van der Waals surface area contributed by atoms with E-state index in [1.807, 2.05) is 34.6 Å². The number of Topliss-reactive ketones (excluding diaryl/α,β-unsaturated/α-hetero) is 2. The Bertz CT molecular complexity index is 3900. The van der Waals surface area contributed by atoms with Crippen molar-refractivity contribution in [1.29, 1.82) is 0 Å². The number of nitrogens with two attached hydrogens (primary N) is 1. The lowest BCUT2D eigenvalue weighted by atomic mass is 9.80. The van der Waals surface area contributed by atoms with E-state index in [1.165, 1.54) is 62.8 Å². The Morgan fingerprint density at radius 1 is 0.638 bits per heavy atom. The third kappa shape index (κ3) is 18.5. The molecule has 2 aliphatic heterocycles. The van der Waals surface area contributed by atoms with Crippen LogP contribution in [0.3, 0.4) is 0 Å². The Morgan fingerprint density at radius 3 is 1.46 bits per heavy atom. The molecule has 94 heavy (non-hydrogen) atoms. The van der Waals surface area contributed by atoms with Crippen LogP contribution in [0.15, 0.2) is 103 Å². The van der Waals surface area contributed by atoms with Gasteiger partial charge in [-0.2, -0.15) is 0 Å². The largest absolute Gasteiger partial charge is 0.493 e. The standard InChI is InChI=1S/C32H38ClFN2O7S.C28H30ClFN2O6.C6H5BClFO2.ClH/c1-30(2,3)44(40)36-31(4)18-43-29-21(31)17-27(35-28(29)20-7-9-23(34)22(33)15-20)32(5,39)12-11-24(38)19-8-10-25(42-14-13-37)26(16-19)41-6;1-27(31)15-38-26-18(27)14-24(32-25(26)17-4-6-20(30)19(29)12-17)28(2,35)9-8-21(34)16-5-7-22(37-11-10-33)23(13-16)36-3;8-5-3-4(7(10)11)1-2-6(5)9;/h7-10,15-17,36-37,39H,11-14,18H2,1-6H3;4-7,12-14,33,35H,8-11,15,31H2,1-3H3;1-3,10-11H;1H. The minimum atomic E-state index is -1.60. The van der Waals surface area contributed by atoms with E-state index < -0.39 is 62.6 Å². The van der Waals surface area contributed by atoms with Gasteiger partial charge >= 0.3 is 7.12 Å². The molecule has 2 aromatic heterocycles. The van der Waals surface area contributed by atoms with E-state index in [0.29, 0.717) is 85.0 Å². The number of fused-ring (bicyclic) bond motifs is 2. The van der Waals surface area contributed by atoms with Crippen molar-refractivity contribution in [2.24, 2.45) is 5.73 Å². The molecule has 0 amide bonds. The zero-order valence-electron chi connectivity index (χ0n) is 52.9. The number of aliphatic hydroxyl groups excluding tert-OH is 2. The van der Waals surface area contributed by atoms with Crippen molar-refractivity contribution in [3.8, 4) is 57.0 Å². The molecule has 0 radical (unpaired) electrons. The molecular formula is C66H74BCl4F3N4O15S. The quantitative estimate of drug-likeness (QED) is 0.0218. The summed E-state index contributed by atoms with van der Waals surface area (Å²) in [6.07, 6.45) is 0.0725. The van der Waals surface area contributed by atoms with Crippen LogP contribution in [0.4, 0.5) is 13.2 Å². The molecule has 0 spiro atoms. The highest BCUT2D eigenvalue weighted by atomic mass is 35.5. The van der Waals surface area contributed by atoms with Crippen molar-refractivity contribution in [2.45, 2.75) is 101 Å². The van der Waals surface area contributed by atoms with Crippen LogP contribution in [0.1, 0.15) is 117 Å². The van der Waals surface area contributed by atoms with Crippen LogP contribution in [0.25, 0.3) is 22.5 Å². The van der Waals surface area contributed by atoms with Crippen molar-refractivity contribution < 1.29 is 85.9 Å². The summed E-state index contributed by atoms with van der Waals surface area (Å²) in [7, 11) is -0.148. The number of aromatic nitrogens is 2. The summed E-state index contributed by atoms with van der Waals surface area (Å²) >= 11 is 17.5. The fourth-order valence-electron chi connectivity index (χ4n) is 9.62. The number of nitrogens with one attached hydrogen (secondary N) is 1. The summed E-state index contributed by atoms with van der Waals surface area (Å²) in [6.45, 7) is 12.6. The van der Waals surface area contributed by atoms with Crippen molar-refractivity contribution in [2.75, 3.05) is 53.9 Å². The van der Waals surface area contributed by atoms with Gasteiger partial charge < -0.3 is 64.6 Å². The van der Waals surface area contributed by atoms with Crippen LogP contribution in [-0.2, 0) is 33.3 Å². The fraction of sp³-hybridized carbons (Fsp3) is 0.364. The van der Waals surface area contributed by atoms with Crippen LogP contribution in [0.5, 0.6) is 34.5 Å². The van der Waals surface area contributed by atoms with Gasteiger partial charge in [-0.1, -0.05) is 40.9 Å². The molecule has 0 bridgehead atoms. The first-order valence-corrected chi connectivity index (χ1v) is 31.4. The molecule has 4 heterocycles. The van der Waals surface area contributed by atoms with Crippen LogP contribution >= 0.6 is 47.2 Å². The third-order valence-corrected chi connectivity index (χ3v) is 17.7. The highest BCUT2D eigenvalue weighted by Gasteiger charge is 2.44. The highest BCUT2D eigenvalue weighted by Crippen LogP contribution is 2.47. The number of carbonyl (C=O) groups excluding carboxylic acids is 2. The topological polar surface area (TPSA) is 292 Å². The maximum Gasteiger partial charge on any atom is 0.488 e. The van der Waals surface area contributed by atoms with Gasteiger partial charge in [0.1, 0.15) is 66.5 Å². The van der Waals surface area contributed by atoms with Crippen molar-refractivity contribution in [3.63, 3.8) is 0 Å². The van der Waals surface area contributed by atoms with E-state index in [0.717, 1.165) is 6.07 Å². The second-order valence-electron chi connectivity index (χ2n) is 23.9. The molecule has 5 atom stereocenters. The molecular weight excluding hydrogens is 1330 g/mol. The van der Waals surface area contributed by atoms with Crippen LogP contribution in [0, 0.1) is 17.5 Å². The van der Waals surface area contributed by atoms with Crippen molar-refractivity contribution in [3.05, 3.63) is 169 Å². The van der Waals surface area contributed by atoms with Crippen molar-refractivity contribution in [1.82, 2.24) is 14.7 Å². The molecule has 9 N–H and O–H groups in total. The van der Waals surface area contributed by atoms with Gasteiger partial charge in [-0.05, 0) is 164 Å². The molecule has 506 valence electrons. The van der Waals surface area contributed by atoms with E-state index in [1.54, 1.807) is 62.4 Å². The normalized spacial score (nSPS) is 16.9. The minimum Gasteiger partial charge on any atom is -0.493 e. The lowest BCUT2D eigenvalue weighted by Gasteiger charge is -2.30. The second-order valence-corrected chi connectivity index (χ2v) is 27.0. The molecule has 5 aromatic carbocycles. The number of rotatable bonds is 23. The van der Waals surface area contributed by atoms with E-state index in [2.05, 4.69) is 9.71 Å². The number of halogens is 7. The van der Waals surface area contributed by atoms with Gasteiger partial charge in [0.05, 0.1) is 80.7 Å². The summed E-state index contributed by atoms with van der Waals surface area (Å²) < 4.78 is 89.6. The molecule has 9 rings (SSSR count). The maximum atomic E-state index is 14.1. The van der Waals surface area contributed by atoms with Crippen LogP contribution in [0.2, 0.25) is 15.1 Å². The fourth-order valence-corrected chi connectivity index (χ4v) is 11.1. The Labute approximate surface area is 566 Å². The average molecular weight is 1410 g/mol. The molecule has 0 aliphatic carbocycles. The first-order chi connectivity index (χ1) is 43.7. The molecule has 0 fully saturated rings. The molecule has 7 aromatic rings. The Balaban J connectivity index is 0.000000255. The number of pyridine rings is 2. The van der Waals surface area contributed by atoms with Crippen molar-refractivity contribution >= 4 is 82.3 Å². The Kier molecular flexibility index (Phi) is 26.0. The summed E-state index contributed by atoms with van der Waals surface area (Å²) in [5, 5.41) is 58.1. The van der Waals surface area contributed by atoms with Gasteiger partial charge in [-0.25, -0.2) is 32.1 Å². The van der Waals surface area contributed by atoms with Gasteiger partial charge in [0.15, 0.2) is 46.1 Å². The minimum absolute atomic E-state index is 0. The number of methoxy groups -OCH3 is 2. The van der Waals surface area contributed by atoms with E-state index in [4.69, 9.17) is 94.2 Å². The number of nitrogens with zero attached hydrogens (tertiary/aromatic N) is 2. The van der Waals surface area contributed by atoms with E-state index in [9.17, 15) is 37.2 Å². The van der Waals surface area contributed by atoms with E-state index >= 15 is 0 Å². The number of hydrogen-bond acceptors (Lipinski definition) is 18. The molecule has 28 heteroatoms. The number of ketones is 2. The summed E-state index contributed by atoms with van der Waals surface area (Å²) in [5.74, 6) is 0.184. The third-order valence-electron chi connectivity index (χ3n) is 15.1. The predicted octanol–water partition coefficient (Wildman–Crippen LogP) is 10.4. The molecule has 19 nitrogen and oxygen atoms in total.